The van der Waals surface area contributed by atoms with Gasteiger partial charge >= 0.3 is 5.97 Å². The number of aliphatic hydroxyl groups excluding tert-OH is 1. The molecule has 0 saturated carbocycles. The van der Waals surface area contributed by atoms with E-state index in [1.165, 1.54) is 7.11 Å². The van der Waals surface area contributed by atoms with Crippen molar-refractivity contribution in [3.05, 3.63) is 0 Å². The number of aliphatic hydroxyl groups is 1. The monoisotopic (exact) mass is 147 g/mol. The zero-order valence-corrected chi connectivity index (χ0v) is 6.20. The van der Waals surface area contributed by atoms with E-state index < -0.39 is 18.1 Å². The van der Waals surface area contributed by atoms with Crippen LogP contribution in [-0.4, -0.2) is 30.3 Å². The van der Waals surface area contributed by atoms with Crippen LogP contribution in [0.3, 0.4) is 0 Å². The van der Waals surface area contributed by atoms with Gasteiger partial charge in [0.15, 0.2) is 0 Å². The molecule has 0 fully saturated rings. The van der Waals surface area contributed by atoms with Gasteiger partial charge in [-0.1, -0.05) is 6.92 Å². The Morgan fingerprint density at radius 3 is 2.60 bits per heavy atom. The standard InChI is InChI=1S/C6H13NO3/c1-3-4(8)5(7)6(9)10-2/h4-5,8H,3,7H2,1-2H3/t4-,5+/m1/s1. The Hall–Kier alpha value is -0.610. The van der Waals surface area contributed by atoms with Crippen LogP contribution in [0.4, 0.5) is 0 Å². The lowest BCUT2D eigenvalue weighted by atomic mass is 10.1. The van der Waals surface area contributed by atoms with E-state index in [1.807, 2.05) is 0 Å². The van der Waals surface area contributed by atoms with Crippen molar-refractivity contribution >= 4 is 5.97 Å². The van der Waals surface area contributed by atoms with Gasteiger partial charge in [0.1, 0.15) is 6.04 Å². The molecule has 0 saturated heterocycles. The topological polar surface area (TPSA) is 72.5 Å². The third-order valence-corrected chi connectivity index (χ3v) is 1.31. The molecule has 0 aromatic heterocycles. The number of rotatable bonds is 3. The minimum Gasteiger partial charge on any atom is -0.468 e. The lowest BCUT2D eigenvalue weighted by Crippen LogP contribution is -2.42. The van der Waals surface area contributed by atoms with Crippen LogP contribution in [-0.2, 0) is 9.53 Å². The number of carbonyl (C=O) groups is 1. The molecule has 0 unspecified atom stereocenters. The summed E-state index contributed by atoms with van der Waals surface area (Å²) >= 11 is 0. The number of hydrogen-bond donors (Lipinski definition) is 2. The van der Waals surface area contributed by atoms with Gasteiger partial charge in [-0.05, 0) is 6.42 Å². The van der Waals surface area contributed by atoms with Crippen LogP contribution in [0, 0.1) is 0 Å². The molecule has 0 rings (SSSR count). The van der Waals surface area contributed by atoms with Crippen molar-refractivity contribution in [2.45, 2.75) is 25.5 Å². The van der Waals surface area contributed by atoms with Gasteiger partial charge in [0, 0.05) is 0 Å². The lowest BCUT2D eigenvalue weighted by Gasteiger charge is -2.13. The average Bonchev–Trinajstić information content (AvgIpc) is 2.00. The largest absolute Gasteiger partial charge is 0.468 e. The van der Waals surface area contributed by atoms with E-state index in [0.717, 1.165) is 0 Å². The summed E-state index contributed by atoms with van der Waals surface area (Å²) in [5.41, 5.74) is 5.26. The molecule has 0 heterocycles. The zero-order chi connectivity index (χ0) is 8.15. The van der Waals surface area contributed by atoms with Gasteiger partial charge in [-0.2, -0.15) is 0 Å². The first-order valence-corrected chi connectivity index (χ1v) is 3.15. The summed E-state index contributed by atoms with van der Waals surface area (Å²) < 4.78 is 4.31. The van der Waals surface area contributed by atoms with E-state index >= 15 is 0 Å². The summed E-state index contributed by atoms with van der Waals surface area (Å²) in [6.07, 6.45) is -0.344. The molecule has 0 amide bonds. The van der Waals surface area contributed by atoms with Crippen molar-refractivity contribution in [1.82, 2.24) is 0 Å². The molecule has 4 nitrogen and oxygen atoms in total. The Bertz CT molecular complexity index is 116. The summed E-state index contributed by atoms with van der Waals surface area (Å²) in [6, 6.07) is -0.907. The van der Waals surface area contributed by atoms with E-state index in [9.17, 15) is 4.79 Å². The highest BCUT2D eigenvalue weighted by Crippen LogP contribution is 1.96. The van der Waals surface area contributed by atoms with E-state index in [1.54, 1.807) is 6.92 Å². The summed E-state index contributed by atoms with van der Waals surface area (Å²) in [5.74, 6) is -0.575. The molecule has 60 valence electrons. The molecule has 4 heteroatoms. The number of methoxy groups -OCH3 is 1. The maximum atomic E-state index is 10.6. The van der Waals surface area contributed by atoms with E-state index in [-0.39, 0.29) is 0 Å². The lowest BCUT2D eigenvalue weighted by molar-refractivity contribution is -0.144. The molecule has 0 aliphatic carbocycles. The highest BCUT2D eigenvalue weighted by atomic mass is 16.5. The predicted molar refractivity (Wildman–Crippen MR) is 36.3 cm³/mol. The third kappa shape index (κ3) is 2.33. The molecular weight excluding hydrogens is 134 g/mol. The van der Waals surface area contributed by atoms with Gasteiger partial charge in [0.2, 0.25) is 0 Å². The third-order valence-electron chi connectivity index (χ3n) is 1.31. The number of hydrogen-bond acceptors (Lipinski definition) is 4. The fraction of sp³-hybridized carbons (Fsp3) is 0.833. The van der Waals surface area contributed by atoms with Crippen molar-refractivity contribution in [2.24, 2.45) is 5.73 Å². The van der Waals surface area contributed by atoms with Crippen LogP contribution in [0.15, 0.2) is 0 Å². The minimum atomic E-state index is -0.907. The van der Waals surface area contributed by atoms with Crippen LogP contribution in [0.5, 0.6) is 0 Å². The molecule has 0 spiro atoms. The minimum absolute atomic E-state index is 0.455. The van der Waals surface area contributed by atoms with Crippen molar-refractivity contribution < 1.29 is 14.6 Å². The Morgan fingerprint density at radius 1 is 1.80 bits per heavy atom. The number of esters is 1. The highest BCUT2D eigenvalue weighted by molar-refractivity contribution is 5.75. The van der Waals surface area contributed by atoms with Gasteiger partial charge in [0.05, 0.1) is 13.2 Å². The summed E-state index contributed by atoms with van der Waals surface area (Å²) in [7, 11) is 1.24. The average molecular weight is 147 g/mol. The fourth-order valence-electron chi connectivity index (χ4n) is 0.547. The van der Waals surface area contributed by atoms with Crippen molar-refractivity contribution in [3.63, 3.8) is 0 Å². The van der Waals surface area contributed by atoms with E-state index in [4.69, 9.17) is 10.8 Å². The maximum Gasteiger partial charge on any atom is 0.325 e. The van der Waals surface area contributed by atoms with E-state index in [2.05, 4.69) is 4.74 Å². The Balaban J connectivity index is 3.81. The van der Waals surface area contributed by atoms with E-state index in [0.29, 0.717) is 6.42 Å². The van der Waals surface area contributed by atoms with Crippen LogP contribution >= 0.6 is 0 Å². The van der Waals surface area contributed by atoms with Crippen molar-refractivity contribution in [1.29, 1.82) is 0 Å². The first kappa shape index (κ1) is 9.39. The SMILES string of the molecule is CC[C@@H](O)[C@H](N)C(=O)OC. The Labute approximate surface area is 60.0 Å². The second-order valence-electron chi connectivity index (χ2n) is 2.02. The normalized spacial score (nSPS) is 16.0. The van der Waals surface area contributed by atoms with Crippen molar-refractivity contribution in [2.75, 3.05) is 7.11 Å². The van der Waals surface area contributed by atoms with Crippen LogP contribution < -0.4 is 5.73 Å². The predicted octanol–water partition coefficient (Wildman–Crippen LogP) is -0.742. The van der Waals surface area contributed by atoms with Crippen LogP contribution in [0.25, 0.3) is 0 Å². The number of carbonyl (C=O) groups excluding carboxylic acids is 1. The summed E-state index contributed by atoms with van der Waals surface area (Å²) in [4.78, 5) is 10.6. The Morgan fingerprint density at radius 2 is 2.30 bits per heavy atom. The van der Waals surface area contributed by atoms with Crippen LogP contribution in [0.1, 0.15) is 13.3 Å². The van der Waals surface area contributed by atoms with Crippen molar-refractivity contribution in [3.8, 4) is 0 Å². The second kappa shape index (κ2) is 4.24. The molecular formula is C6H13NO3. The highest BCUT2D eigenvalue weighted by Gasteiger charge is 2.20. The number of nitrogens with two attached hydrogens (primary N) is 1. The smallest absolute Gasteiger partial charge is 0.325 e. The molecule has 3 N–H and O–H groups in total. The molecule has 0 bridgehead atoms. The molecule has 10 heavy (non-hydrogen) atoms. The van der Waals surface area contributed by atoms with Gasteiger partial charge in [-0.25, -0.2) is 0 Å². The molecule has 0 radical (unpaired) electrons. The molecule has 0 aromatic rings. The fourth-order valence-corrected chi connectivity index (χ4v) is 0.547. The summed E-state index contributed by atoms with van der Waals surface area (Å²) in [5, 5.41) is 9.00. The van der Waals surface area contributed by atoms with Gasteiger partial charge in [0.25, 0.3) is 0 Å². The van der Waals surface area contributed by atoms with Crippen LogP contribution in [0.2, 0.25) is 0 Å². The molecule has 0 aliphatic rings. The molecule has 0 aromatic carbocycles. The van der Waals surface area contributed by atoms with Gasteiger partial charge in [-0.15, -0.1) is 0 Å². The summed E-state index contributed by atoms with van der Waals surface area (Å²) in [6.45, 7) is 1.74. The molecule has 2 atom stereocenters. The Kier molecular flexibility index (Phi) is 3.99. The molecule has 0 aliphatic heterocycles. The first-order valence-electron chi connectivity index (χ1n) is 3.15. The number of ether oxygens (including phenoxy) is 1. The quantitative estimate of drug-likeness (QED) is 0.515. The zero-order valence-electron chi connectivity index (χ0n) is 6.20. The first-order chi connectivity index (χ1) is 4.63. The second-order valence-corrected chi connectivity index (χ2v) is 2.02. The maximum absolute atomic E-state index is 10.6. The van der Waals surface area contributed by atoms with Gasteiger partial charge in [-0.3, -0.25) is 4.79 Å². The van der Waals surface area contributed by atoms with Gasteiger partial charge < -0.3 is 15.6 Å².